The van der Waals surface area contributed by atoms with E-state index in [1.165, 1.54) is 14.2 Å². The number of methoxy groups -OCH3 is 2. The van der Waals surface area contributed by atoms with Crippen molar-refractivity contribution in [2.45, 2.75) is 32.6 Å². The van der Waals surface area contributed by atoms with Gasteiger partial charge in [-0.2, -0.15) is 0 Å². The van der Waals surface area contributed by atoms with Gasteiger partial charge in [0, 0.05) is 0 Å². The van der Waals surface area contributed by atoms with Crippen molar-refractivity contribution in [3.05, 3.63) is 12.2 Å². The average Bonchev–Trinajstić information content (AvgIpc) is 2.81. The standard InChI is InChI=1S/C15H22O4/c1-4-10-9-15(13(16)18-2,14(17)19-3)12-8-6-5-7-11(10)12/h5,7,10-12H,4,6,8-9H2,1-3H3. The molecule has 2 rings (SSSR count). The Morgan fingerprint density at radius 3 is 2.42 bits per heavy atom. The van der Waals surface area contributed by atoms with Crippen molar-refractivity contribution >= 4 is 11.9 Å². The van der Waals surface area contributed by atoms with Gasteiger partial charge in [0.05, 0.1) is 14.2 Å². The van der Waals surface area contributed by atoms with Gasteiger partial charge < -0.3 is 9.47 Å². The van der Waals surface area contributed by atoms with E-state index in [0.717, 1.165) is 19.3 Å². The SMILES string of the molecule is CCC1CC(C(=O)OC)(C(=O)OC)C2CCC=CC12. The molecule has 4 nitrogen and oxygen atoms in total. The normalized spacial score (nSPS) is 31.6. The van der Waals surface area contributed by atoms with E-state index >= 15 is 0 Å². The third-order valence-electron chi connectivity index (χ3n) is 4.85. The minimum absolute atomic E-state index is 0.0161. The first-order valence-electron chi connectivity index (χ1n) is 6.95. The Balaban J connectivity index is 2.45. The van der Waals surface area contributed by atoms with Gasteiger partial charge in [-0.05, 0) is 37.0 Å². The molecule has 3 unspecified atom stereocenters. The van der Waals surface area contributed by atoms with Crippen LogP contribution in [0, 0.1) is 23.2 Å². The predicted octanol–water partition coefficient (Wildman–Crippen LogP) is 2.33. The second-order valence-corrected chi connectivity index (χ2v) is 5.52. The minimum Gasteiger partial charge on any atom is -0.468 e. The maximum absolute atomic E-state index is 12.3. The van der Waals surface area contributed by atoms with E-state index in [1.807, 2.05) is 0 Å². The molecule has 19 heavy (non-hydrogen) atoms. The maximum Gasteiger partial charge on any atom is 0.323 e. The van der Waals surface area contributed by atoms with Crippen LogP contribution in [0.5, 0.6) is 0 Å². The highest BCUT2D eigenvalue weighted by Crippen LogP contribution is 2.56. The van der Waals surface area contributed by atoms with Crippen molar-refractivity contribution in [2.24, 2.45) is 23.2 Å². The lowest BCUT2D eigenvalue weighted by Gasteiger charge is -2.33. The van der Waals surface area contributed by atoms with Crippen molar-refractivity contribution < 1.29 is 19.1 Å². The Labute approximate surface area is 114 Å². The molecule has 0 aromatic carbocycles. The zero-order chi connectivity index (χ0) is 14.0. The second kappa shape index (κ2) is 5.35. The molecule has 106 valence electrons. The lowest BCUT2D eigenvalue weighted by atomic mass is 9.71. The van der Waals surface area contributed by atoms with Crippen molar-refractivity contribution in [1.29, 1.82) is 0 Å². The molecule has 0 spiro atoms. The van der Waals surface area contributed by atoms with E-state index in [9.17, 15) is 9.59 Å². The molecule has 3 atom stereocenters. The topological polar surface area (TPSA) is 52.6 Å². The number of carbonyl (C=O) groups is 2. The van der Waals surface area contributed by atoms with E-state index < -0.39 is 17.4 Å². The van der Waals surface area contributed by atoms with Crippen LogP contribution < -0.4 is 0 Å². The van der Waals surface area contributed by atoms with Crippen molar-refractivity contribution in [3.8, 4) is 0 Å². The van der Waals surface area contributed by atoms with Crippen LogP contribution in [0.25, 0.3) is 0 Å². The molecule has 0 aliphatic heterocycles. The molecule has 0 aromatic rings. The molecule has 0 saturated heterocycles. The molecule has 0 amide bonds. The number of fused-ring (bicyclic) bond motifs is 1. The van der Waals surface area contributed by atoms with Crippen LogP contribution >= 0.6 is 0 Å². The lowest BCUT2D eigenvalue weighted by molar-refractivity contribution is -0.173. The van der Waals surface area contributed by atoms with Crippen molar-refractivity contribution in [1.82, 2.24) is 0 Å². The summed E-state index contributed by atoms with van der Waals surface area (Å²) in [5.74, 6) is -0.208. The largest absolute Gasteiger partial charge is 0.468 e. The van der Waals surface area contributed by atoms with Gasteiger partial charge in [0.2, 0.25) is 0 Å². The number of esters is 2. The lowest BCUT2D eigenvalue weighted by Crippen LogP contribution is -2.45. The molecule has 2 aliphatic rings. The average molecular weight is 266 g/mol. The highest BCUT2D eigenvalue weighted by molar-refractivity contribution is 6.01. The summed E-state index contributed by atoms with van der Waals surface area (Å²) in [6.07, 6.45) is 7.60. The summed E-state index contributed by atoms with van der Waals surface area (Å²) in [5, 5.41) is 0. The van der Waals surface area contributed by atoms with Gasteiger partial charge in [0.15, 0.2) is 5.41 Å². The number of hydrogen-bond acceptors (Lipinski definition) is 4. The summed E-state index contributed by atoms with van der Waals surface area (Å²) in [6.45, 7) is 2.11. The molecule has 0 N–H and O–H groups in total. The summed E-state index contributed by atoms with van der Waals surface area (Å²) >= 11 is 0. The molecule has 2 aliphatic carbocycles. The third-order valence-corrected chi connectivity index (χ3v) is 4.85. The molecular formula is C15H22O4. The van der Waals surface area contributed by atoms with Crippen molar-refractivity contribution in [3.63, 3.8) is 0 Å². The van der Waals surface area contributed by atoms with Gasteiger partial charge in [-0.25, -0.2) is 0 Å². The van der Waals surface area contributed by atoms with Crippen LogP contribution in [-0.4, -0.2) is 26.2 Å². The number of allylic oxidation sites excluding steroid dienone is 2. The highest BCUT2D eigenvalue weighted by Gasteiger charge is 2.62. The van der Waals surface area contributed by atoms with E-state index in [1.54, 1.807) is 0 Å². The smallest absolute Gasteiger partial charge is 0.323 e. The van der Waals surface area contributed by atoms with E-state index in [4.69, 9.17) is 9.47 Å². The molecule has 0 bridgehead atoms. The fourth-order valence-electron chi connectivity index (χ4n) is 3.95. The van der Waals surface area contributed by atoms with Gasteiger partial charge in [-0.3, -0.25) is 9.59 Å². The van der Waals surface area contributed by atoms with Crippen LogP contribution in [0.3, 0.4) is 0 Å². The molecule has 4 heteroatoms. The Bertz CT molecular complexity index is 383. The number of hydrogen-bond donors (Lipinski definition) is 0. The first kappa shape index (κ1) is 14.1. The Kier molecular flexibility index (Phi) is 3.97. The molecule has 0 heterocycles. The molecule has 1 fully saturated rings. The highest BCUT2D eigenvalue weighted by atomic mass is 16.5. The number of carbonyl (C=O) groups excluding carboxylic acids is 2. The van der Waals surface area contributed by atoms with Gasteiger partial charge in [-0.1, -0.05) is 25.5 Å². The van der Waals surface area contributed by atoms with E-state index in [-0.39, 0.29) is 11.8 Å². The molecule has 1 saturated carbocycles. The first-order chi connectivity index (χ1) is 9.11. The molecule has 0 aromatic heterocycles. The molecular weight excluding hydrogens is 244 g/mol. The third kappa shape index (κ3) is 1.97. The van der Waals surface area contributed by atoms with Crippen LogP contribution in [0.4, 0.5) is 0 Å². The van der Waals surface area contributed by atoms with Crippen LogP contribution in [0.1, 0.15) is 32.6 Å². The van der Waals surface area contributed by atoms with Crippen LogP contribution in [-0.2, 0) is 19.1 Å². The van der Waals surface area contributed by atoms with Gasteiger partial charge in [0.1, 0.15) is 0 Å². The quantitative estimate of drug-likeness (QED) is 0.447. The summed E-state index contributed by atoms with van der Waals surface area (Å²) in [4.78, 5) is 24.6. The Morgan fingerprint density at radius 1 is 1.26 bits per heavy atom. The Morgan fingerprint density at radius 2 is 1.89 bits per heavy atom. The number of ether oxygens (including phenoxy) is 2. The zero-order valence-electron chi connectivity index (χ0n) is 11.8. The fraction of sp³-hybridized carbons (Fsp3) is 0.733. The summed E-state index contributed by atoms with van der Waals surface area (Å²) in [5.41, 5.74) is -1.10. The van der Waals surface area contributed by atoms with E-state index in [0.29, 0.717) is 12.3 Å². The Hall–Kier alpha value is -1.32. The van der Waals surface area contributed by atoms with Crippen LogP contribution in [0.2, 0.25) is 0 Å². The minimum atomic E-state index is -1.10. The number of rotatable bonds is 3. The van der Waals surface area contributed by atoms with Gasteiger partial charge >= 0.3 is 11.9 Å². The summed E-state index contributed by atoms with van der Waals surface area (Å²) in [7, 11) is 2.69. The molecule has 0 radical (unpaired) electrons. The summed E-state index contributed by atoms with van der Waals surface area (Å²) < 4.78 is 9.88. The van der Waals surface area contributed by atoms with Crippen molar-refractivity contribution in [2.75, 3.05) is 14.2 Å². The summed E-state index contributed by atoms with van der Waals surface area (Å²) in [6, 6.07) is 0. The van der Waals surface area contributed by atoms with Gasteiger partial charge in [-0.15, -0.1) is 0 Å². The fourth-order valence-corrected chi connectivity index (χ4v) is 3.95. The maximum atomic E-state index is 12.3. The second-order valence-electron chi connectivity index (χ2n) is 5.52. The predicted molar refractivity (Wildman–Crippen MR) is 70.2 cm³/mol. The van der Waals surface area contributed by atoms with Crippen LogP contribution in [0.15, 0.2) is 12.2 Å². The zero-order valence-corrected chi connectivity index (χ0v) is 11.8. The monoisotopic (exact) mass is 266 g/mol. The van der Waals surface area contributed by atoms with Gasteiger partial charge in [0.25, 0.3) is 0 Å². The first-order valence-corrected chi connectivity index (χ1v) is 6.95. The van der Waals surface area contributed by atoms with E-state index in [2.05, 4.69) is 19.1 Å².